The predicted molar refractivity (Wildman–Crippen MR) is 82.9 cm³/mol. The lowest BCUT2D eigenvalue weighted by Gasteiger charge is -2.08. The second kappa shape index (κ2) is 6.14. The first-order valence-corrected chi connectivity index (χ1v) is 6.70. The summed E-state index contributed by atoms with van der Waals surface area (Å²) >= 11 is 0. The molecule has 0 spiro atoms. The molecule has 0 radical (unpaired) electrons. The van der Waals surface area contributed by atoms with Crippen molar-refractivity contribution in [1.82, 2.24) is 19.7 Å². The van der Waals surface area contributed by atoms with Crippen LogP contribution in [-0.4, -0.2) is 32.8 Å². The fraction of sp³-hybridized carbons (Fsp3) is 0.0667. The highest BCUT2D eigenvalue weighted by Gasteiger charge is 2.10. The Morgan fingerprint density at radius 1 is 1.26 bits per heavy atom. The van der Waals surface area contributed by atoms with Gasteiger partial charge < -0.3 is 15.0 Å². The summed E-state index contributed by atoms with van der Waals surface area (Å²) in [6, 6.07) is 8.35. The van der Waals surface area contributed by atoms with Gasteiger partial charge in [-0.15, -0.1) is 10.2 Å². The molecule has 23 heavy (non-hydrogen) atoms. The van der Waals surface area contributed by atoms with Crippen molar-refractivity contribution in [2.75, 3.05) is 12.4 Å². The Labute approximate surface area is 130 Å². The molecule has 0 aliphatic rings. The Morgan fingerprint density at radius 3 is 2.74 bits per heavy atom. The molecule has 0 saturated carbocycles. The molecule has 116 valence electrons. The number of nitrogens with one attached hydrogen (secondary N) is 2. The molecule has 0 fully saturated rings. The second-order valence-electron chi connectivity index (χ2n) is 4.65. The molecular weight excluding hydrogens is 298 g/mol. The predicted octanol–water partition coefficient (Wildman–Crippen LogP) is 1.22. The smallest absolute Gasteiger partial charge is 0.272 e. The van der Waals surface area contributed by atoms with Crippen molar-refractivity contribution in [2.45, 2.75) is 0 Å². The SMILES string of the molecule is COc1c[nH]c(C(=O)Nc2cccc(-n3cnnc3)c2)cc1=O. The van der Waals surface area contributed by atoms with Crippen LogP contribution in [0.4, 0.5) is 5.69 Å². The van der Waals surface area contributed by atoms with Gasteiger partial charge in [0.05, 0.1) is 12.8 Å². The first-order valence-electron chi connectivity index (χ1n) is 6.70. The molecule has 0 aliphatic carbocycles. The van der Waals surface area contributed by atoms with Gasteiger partial charge in [-0.05, 0) is 18.2 Å². The van der Waals surface area contributed by atoms with Crippen LogP contribution in [0.25, 0.3) is 5.69 Å². The average Bonchev–Trinajstić information content (AvgIpc) is 3.09. The number of H-pyrrole nitrogens is 1. The number of benzene rings is 1. The van der Waals surface area contributed by atoms with Gasteiger partial charge in [-0.25, -0.2) is 0 Å². The van der Waals surface area contributed by atoms with Crippen LogP contribution in [0, 0.1) is 0 Å². The quantitative estimate of drug-likeness (QED) is 0.754. The van der Waals surface area contributed by atoms with E-state index >= 15 is 0 Å². The van der Waals surface area contributed by atoms with Crippen molar-refractivity contribution in [2.24, 2.45) is 0 Å². The summed E-state index contributed by atoms with van der Waals surface area (Å²) in [5.41, 5.74) is 1.16. The van der Waals surface area contributed by atoms with Crippen molar-refractivity contribution in [1.29, 1.82) is 0 Å². The van der Waals surface area contributed by atoms with Gasteiger partial charge in [0.15, 0.2) is 5.75 Å². The van der Waals surface area contributed by atoms with E-state index in [2.05, 4.69) is 20.5 Å². The van der Waals surface area contributed by atoms with Crippen molar-refractivity contribution in [3.05, 3.63) is 65.1 Å². The number of hydrogen-bond donors (Lipinski definition) is 2. The zero-order valence-electron chi connectivity index (χ0n) is 12.2. The molecule has 2 aromatic heterocycles. The molecule has 0 bridgehead atoms. The number of aromatic amines is 1. The number of carbonyl (C=O) groups excluding carboxylic acids is 1. The summed E-state index contributed by atoms with van der Waals surface area (Å²) in [6.07, 6.45) is 4.47. The molecule has 0 unspecified atom stereocenters. The molecule has 8 nitrogen and oxygen atoms in total. The summed E-state index contributed by atoms with van der Waals surface area (Å²) in [4.78, 5) is 26.6. The maximum Gasteiger partial charge on any atom is 0.272 e. The van der Waals surface area contributed by atoms with Crippen molar-refractivity contribution in [3.8, 4) is 11.4 Å². The van der Waals surface area contributed by atoms with Gasteiger partial charge in [-0.3, -0.25) is 14.2 Å². The molecule has 1 amide bonds. The Morgan fingerprint density at radius 2 is 2.04 bits per heavy atom. The highest BCUT2D eigenvalue weighted by atomic mass is 16.5. The lowest BCUT2D eigenvalue weighted by atomic mass is 10.2. The Bertz CT molecular complexity index is 886. The van der Waals surface area contributed by atoms with E-state index in [1.165, 1.54) is 19.4 Å². The van der Waals surface area contributed by atoms with Crippen molar-refractivity contribution >= 4 is 11.6 Å². The number of pyridine rings is 1. The molecule has 0 atom stereocenters. The zero-order chi connectivity index (χ0) is 16.2. The maximum absolute atomic E-state index is 12.2. The van der Waals surface area contributed by atoms with Crippen LogP contribution in [0.1, 0.15) is 10.5 Å². The van der Waals surface area contributed by atoms with E-state index in [0.717, 1.165) is 5.69 Å². The van der Waals surface area contributed by atoms with E-state index in [4.69, 9.17) is 4.74 Å². The molecule has 2 heterocycles. The topological polar surface area (TPSA) is 102 Å². The average molecular weight is 311 g/mol. The van der Waals surface area contributed by atoms with Gasteiger partial charge in [0.2, 0.25) is 5.43 Å². The summed E-state index contributed by atoms with van der Waals surface area (Å²) in [5.74, 6) is -0.276. The van der Waals surface area contributed by atoms with Crippen LogP contribution in [-0.2, 0) is 0 Å². The summed E-state index contributed by atoms with van der Waals surface area (Å²) < 4.78 is 6.58. The number of nitrogens with zero attached hydrogens (tertiary/aromatic N) is 3. The Hall–Kier alpha value is -3.42. The number of amides is 1. The normalized spacial score (nSPS) is 10.3. The molecule has 1 aromatic carbocycles. The second-order valence-corrected chi connectivity index (χ2v) is 4.65. The number of hydrogen-bond acceptors (Lipinski definition) is 5. The maximum atomic E-state index is 12.2. The minimum Gasteiger partial charge on any atom is -0.491 e. The molecule has 3 aromatic rings. The summed E-state index contributed by atoms with van der Waals surface area (Å²) in [5, 5.41) is 10.2. The number of methoxy groups -OCH3 is 1. The summed E-state index contributed by atoms with van der Waals surface area (Å²) in [7, 11) is 1.39. The fourth-order valence-corrected chi connectivity index (χ4v) is 2.03. The monoisotopic (exact) mass is 311 g/mol. The van der Waals surface area contributed by atoms with E-state index in [1.807, 2.05) is 6.07 Å². The minimum absolute atomic E-state index is 0.144. The minimum atomic E-state index is -0.425. The first-order chi connectivity index (χ1) is 11.2. The largest absolute Gasteiger partial charge is 0.491 e. The van der Waals surface area contributed by atoms with Gasteiger partial charge >= 0.3 is 0 Å². The third-order valence-electron chi connectivity index (χ3n) is 3.16. The van der Waals surface area contributed by atoms with Crippen LogP contribution in [0.15, 0.2) is 54.0 Å². The van der Waals surface area contributed by atoms with Gasteiger partial charge in [-0.1, -0.05) is 6.07 Å². The lowest BCUT2D eigenvalue weighted by Crippen LogP contribution is -2.17. The van der Waals surface area contributed by atoms with E-state index in [0.29, 0.717) is 5.69 Å². The van der Waals surface area contributed by atoms with Crippen LogP contribution in [0.2, 0.25) is 0 Å². The highest BCUT2D eigenvalue weighted by molar-refractivity contribution is 6.02. The molecular formula is C15H13N5O3. The fourth-order valence-electron chi connectivity index (χ4n) is 2.03. The van der Waals surface area contributed by atoms with Crippen molar-refractivity contribution < 1.29 is 9.53 Å². The first kappa shape index (κ1) is 14.5. The Kier molecular flexibility index (Phi) is 3.88. The Balaban J connectivity index is 1.82. The molecule has 0 aliphatic heterocycles. The number of anilines is 1. The van der Waals surface area contributed by atoms with E-state index in [-0.39, 0.29) is 16.9 Å². The molecule has 2 N–H and O–H groups in total. The third-order valence-corrected chi connectivity index (χ3v) is 3.16. The number of ether oxygens (including phenoxy) is 1. The van der Waals surface area contributed by atoms with Crippen LogP contribution in [0.5, 0.6) is 5.75 Å². The van der Waals surface area contributed by atoms with Gasteiger partial charge in [0, 0.05) is 18.0 Å². The lowest BCUT2D eigenvalue weighted by molar-refractivity contribution is 0.102. The van der Waals surface area contributed by atoms with E-state index < -0.39 is 5.91 Å². The van der Waals surface area contributed by atoms with Crippen LogP contribution in [0.3, 0.4) is 0 Å². The molecule has 8 heteroatoms. The summed E-state index contributed by atoms with van der Waals surface area (Å²) in [6.45, 7) is 0. The van der Waals surface area contributed by atoms with E-state index in [9.17, 15) is 9.59 Å². The third kappa shape index (κ3) is 3.10. The molecule has 0 saturated heterocycles. The number of aromatic nitrogens is 4. The van der Waals surface area contributed by atoms with E-state index in [1.54, 1.807) is 35.4 Å². The van der Waals surface area contributed by atoms with Gasteiger partial charge in [-0.2, -0.15) is 0 Å². The number of rotatable bonds is 4. The van der Waals surface area contributed by atoms with Crippen LogP contribution >= 0.6 is 0 Å². The van der Waals surface area contributed by atoms with Gasteiger partial charge in [0.25, 0.3) is 5.91 Å². The zero-order valence-corrected chi connectivity index (χ0v) is 12.2. The van der Waals surface area contributed by atoms with Crippen molar-refractivity contribution in [3.63, 3.8) is 0 Å². The number of carbonyl (C=O) groups is 1. The van der Waals surface area contributed by atoms with Gasteiger partial charge in [0.1, 0.15) is 18.3 Å². The van der Waals surface area contributed by atoms with Crippen LogP contribution < -0.4 is 15.5 Å². The highest BCUT2D eigenvalue weighted by Crippen LogP contribution is 2.15. The molecule has 3 rings (SSSR count). The standard InChI is InChI=1S/C15H13N5O3/c1-23-14-7-16-12(6-13(14)21)15(22)19-10-3-2-4-11(5-10)20-8-17-18-9-20/h2-9H,1H3,(H,16,21)(H,19,22).